The predicted molar refractivity (Wildman–Crippen MR) is 82.5 cm³/mol. The van der Waals surface area contributed by atoms with Crippen molar-refractivity contribution in [3.05, 3.63) is 21.9 Å². The quantitative estimate of drug-likeness (QED) is 0.486. The normalized spacial score (nSPS) is 17.6. The van der Waals surface area contributed by atoms with Crippen molar-refractivity contribution in [1.29, 1.82) is 0 Å². The number of hydrogen-bond acceptors (Lipinski definition) is 5. The number of nitrogens with zero attached hydrogens (tertiary/aromatic N) is 2. The first-order chi connectivity index (χ1) is 9.60. The van der Waals surface area contributed by atoms with E-state index in [0.29, 0.717) is 0 Å². The summed E-state index contributed by atoms with van der Waals surface area (Å²) in [6.45, 7) is 4.28. The van der Waals surface area contributed by atoms with Crippen molar-refractivity contribution in [3.8, 4) is 0 Å². The number of nitrogens with one attached hydrogen (secondary N) is 1. The van der Waals surface area contributed by atoms with Crippen molar-refractivity contribution in [2.75, 3.05) is 33.7 Å². The van der Waals surface area contributed by atoms with Crippen LogP contribution in [0.3, 0.4) is 0 Å². The molecule has 0 aliphatic carbocycles. The lowest BCUT2D eigenvalue weighted by Gasteiger charge is -2.31. The Morgan fingerprint density at radius 3 is 2.90 bits per heavy atom. The van der Waals surface area contributed by atoms with Gasteiger partial charge in [-0.05, 0) is 63.0 Å². The first-order valence-electron chi connectivity index (χ1n) is 7.04. The SMILES string of the molecule is CN1CCC(CN(C)Cc2ccsc2C(=O)NN)CC1. The standard InChI is InChI=1S/C14H24N4OS/c1-17-6-3-11(4-7-17)9-18(2)10-12-5-8-20-13(12)14(19)16-15/h5,8,11H,3-4,6-7,9-10,15H2,1-2H3,(H,16,19). The number of amides is 1. The number of hydrogen-bond donors (Lipinski definition) is 2. The molecule has 0 unspecified atom stereocenters. The van der Waals surface area contributed by atoms with Crippen molar-refractivity contribution in [2.24, 2.45) is 11.8 Å². The molecule has 3 N–H and O–H groups in total. The van der Waals surface area contributed by atoms with E-state index in [1.54, 1.807) is 0 Å². The van der Waals surface area contributed by atoms with Crippen molar-refractivity contribution < 1.29 is 4.79 Å². The molecule has 2 rings (SSSR count). The highest BCUT2D eigenvalue weighted by Gasteiger charge is 2.19. The monoisotopic (exact) mass is 296 g/mol. The molecule has 112 valence electrons. The summed E-state index contributed by atoms with van der Waals surface area (Å²) in [6, 6.07) is 2.01. The van der Waals surface area contributed by atoms with E-state index in [1.807, 2.05) is 11.4 Å². The number of carbonyl (C=O) groups excluding carboxylic acids is 1. The van der Waals surface area contributed by atoms with Crippen molar-refractivity contribution in [2.45, 2.75) is 19.4 Å². The van der Waals surface area contributed by atoms with Gasteiger partial charge in [-0.15, -0.1) is 11.3 Å². The highest BCUT2D eigenvalue weighted by atomic mass is 32.1. The molecule has 1 amide bonds. The lowest BCUT2D eigenvalue weighted by atomic mass is 9.96. The van der Waals surface area contributed by atoms with Crippen molar-refractivity contribution in [3.63, 3.8) is 0 Å². The van der Waals surface area contributed by atoms with Gasteiger partial charge in [0, 0.05) is 13.1 Å². The van der Waals surface area contributed by atoms with Crippen LogP contribution in [-0.4, -0.2) is 49.4 Å². The summed E-state index contributed by atoms with van der Waals surface area (Å²) < 4.78 is 0. The van der Waals surface area contributed by atoms with Crippen LogP contribution in [0.25, 0.3) is 0 Å². The number of hydrazine groups is 1. The average Bonchev–Trinajstić information content (AvgIpc) is 2.88. The molecular formula is C14H24N4OS. The molecule has 0 bridgehead atoms. The van der Waals surface area contributed by atoms with Gasteiger partial charge in [0.2, 0.25) is 0 Å². The van der Waals surface area contributed by atoms with Crippen molar-refractivity contribution >= 4 is 17.2 Å². The van der Waals surface area contributed by atoms with Crippen LogP contribution in [0.15, 0.2) is 11.4 Å². The second-order valence-corrected chi connectivity index (χ2v) is 6.61. The van der Waals surface area contributed by atoms with Crippen LogP contribution in [0.2, 0.25) is 0 Å². The van der Waals surface area contributed by atoms with E-state index in [-0.39, 0.29) is 5.91 Å². The highest BCUT2D eigenvalue weighted by molar-refractivity contribution is 7.12. The molecule has 1 aromatic heterocycles. The van der Waals surface area contributed by atoms with Crippen LogP contribution in [0.1, 0.15) is 28.1 Å². The van der Waals surface area contributed by atoms with Gasteiger partial charge in [-0.25, -0.2) is 5.84 Å². The minimum atomic E-state index is -0.192. The molecule has 6 heteroatoms. The molecule has 0 spiro atoms. The zero-order valence-corrected chi connectivity index (χ0v) is 13.1. The van der Waals surface area contributed by atoms with Gasteiger partial charge < -0.3 is 9.80 Å². The first-order valence-corrected chi connectivity index (χ1v) is 7.92. The topological polar surface area (TPSA) is 61.6 Å². The largest absolute Gasteiger partial charge is 0.306 e. The highest BCUT2D eigenvalue weighted by Crippen LogP contribution is 2.21. The van der Waals surface area contributed by atoms with Crippen molar-refractivity contribution in [1.82, 2.24) is 15.2 Å². The van der Waals surface area contributed by atoms with Gasteiger partial charge in [-0.2, -0.15) is 0 Å². The maximum Gasteiger partial charge on any atom is 0.275 e. The molecule has 0 aromatic carbocycles. The minimum Gasteiger partial charge on any atom is -0.306 e. The van der Waals surface area contributed by atoms with E-state index >= 15 is 0 Å². The van der Waals surface area contributed by atoms with Crippen LogP contribution in [0.4, 0.5) is 0 Å². The maximum atomic E-state index is 11.7. The van der Waals surface area contributed by atoms with Gasteiger partial charge in [-0.3, -0.25) is 10.2 Å². The molecule has 20 heavy (non-hydrogen) atoms. The molecule has 5 nitrogen and oxygen atoms in total. The summed E-state index contributed by atoms with van der Waals surface area (Å²) in [5.41, 5.74) is 3.28. The second-order valence-electron chi connectivity index (χ2n) is 5.69. The van der Waals surface area contributed by atoms with Crippen LogP contribution < -0.4 is 11.3 Å². The fourth-order valence-electron chi connectivity index (χ4n) is 2.77. The molecule has 0 saturated carbocycles. The van der Waals surface area contributed by atoms with Gasteiger partial charge in [-0.1, -0.05) is 0 Å². The number of thiophene rings is 1. The fraction of sp³-hybridized carbons (Fsp3) is 0.643. The van der Waals surface area contributed by atoms with Crippen LogP contribution >= 0.6 is 11.3 Å². The van der Waals surface area contributed by atoms with Gasteiger partial charge >= 0.3 is 0 Å². The summed E-state index contributed by atoms with van der Waals surface area (Å²) in [4.78, 5) is 17.1. The Labute approximate surface area is 124 Å². The zero-order chi connectivity index (χ0) is 14.5. The Morgan fingerprint density at radius 1 is 1.55 bits per heavy atom. The molecule has 2 heterocycles. The minimum absolute atomic E-state index is 0.192. The van der Waals surface area contributed by atoms with Gasteiger partial charge in [0.15, 0.2) is 0 Å². The Morgan fingerprint density at radius 2 is 2.25 bits per heavy atom. The summed E-state index contributed by atoms with van der Waals surface area (Å²) in [7, 11) is 4.31. The number of piperidine rings is 1. The van der Waals surface area contributed by atoms with Crippen LogP contribution in [0, 0.1) is 5.92 Å². The number of nitrogen functional groups attached to an aromatic ring is 1. The molecule has 0 atom stereocenters. The number of likely N-dealkylation sites (tertiary alicyclic amines) is 1. The lowest BCUT2D eigenvalue weighted by molar-refractivity contribution is 0.0955. The van der Waals surface area contributed by atoms with Gasteiger partial charge in [0.05, 0.1) is 4.88 Å². The first kappa shape index (κ1) is 15.4. The summed E-state index contributed by atoms with van der Waals surface area (Å²) >= 11 is 1.45. The van der Waals surface area contributed by atoms with E-state index in [1.165, 1.54) is 37.3 Å². The van der Waals surface area contributed by atoms with Crippen LogP contribution in [0.5, 0.6) is 0 Å². The Bertz CT molecular complexity index is 440. The van der Waals surface area contributed by atoms with Crippen LogP contribution in [-0.2, 0) is 6.54 Å². The molecule has 1 fully saturated rings. The Kier molecular flexibility index (Phi) is 5.54. The predicted octanol–water partition coefficient (Wildman–Crippen LogP) is 1.13. The van der Waals surface area contributed by atoms with E-state index in [9.17, 15) is 4.79 Å². The third-order valence-electron chi connectivity index (χ3n) is 3.93. The third kappa shape index (κ3) is 4.02. The zero-order valence-electron chi connectivity index (χ0n) is 12.3. The summed E-state index contributed by atoms with van der Waals surface area (Å²) in [5, 5.41) is 1.95. The summed E-state index contributed by atoms with van der Waals surface area (Å²) in [6.07, 6.45) is 2.53. The fourth-order valence-corrected chi connectivity index (χ4v) is 3.58. The average molecular weight is 296 g/mol. The number of rotatable bonds is 5. The van der Waals surface area contributed by atoms with E-state index in [0.717, 1.165) is 29.4 Å². The Balaban J connectivity index is 1.87. The number of nitrogens with two attached hydrogens (primary N) is 1. The smallest absolute Gasteiger partial charge is 0.275 e. The second kappa shape index (κ2) is 7.17. The molecule has 0 radical (unpaired) electrons. The van der Waals surface area contributed by atoms with Gasteiger partial charge in [0.1, 0.15) is 0 Å². The summed E-state index contributed by atoms with van der Waals surface area (Å²) in [5.74, 6) is 5.79. The van der Waals surface area contributed by atoms with E-state index in [4.69, 9.17) is 5.84 Å². The lowest BCUT2D eigenvalue weighted by Crippen LogP contribution is -2.36. The Hall–Kier alpha value is -0.950. The van der Waals surface area contributed by atoms with Gasteiger partial charge in [0.25, 0.3) is 5.91 Å². The third-order valence-corrected chi connectivity index (χ3v) is 4.89. The van der Waals surface area contributed by atoms with E-state index in [2.05, 4.69) is 29.3 Å². The molecule has 1 saturated heterocycles. The van der Waals surface area contributed by atoms with E-state index < -0.39 is 0 Å². The number of carbonyl (C=O) groups is 1. The molecule has 1 aliphatic heterocycles. The maximum absolute atomic E-state index is 11.7. The molecule has 1 aliphatic rings. The molecule has 1 aromatic rings. The molecular weight excluding hydrogens is 272 g/mol.